The van der Waals surface area contributed by atoms with Gasteiger partial charge >= 0.3 is 0 Å². The van der Waals surface area contributed by atoms with Crippen LogP contribution in [0, 0.1) is 6.92 Å². The van der Waals surface area contributed by atoms with E-state index in [-0.39, 0.29) is 5.41 Å². The Morgan fingerprint density at radius 3 is 2.22 bits per heavy atom. The lowest BCUT2D eigenvalue weighted by molar-refractivity contribution is 0.590. The Bertz CT molecular complexity index is 541. The van der Waals surface area contributed by atoms with Gasteiger partial charge in [-0.15, -0.1) is 11.3 Å². The van der Waals surface area contributed by atoms with Crippen LogP contribution in [-0.2, 0) is 5.41 Å². The normalized spacial score (nSPS) is 12.2. The first-order valence-corrected chi connectivity index (χ1v) is 7.03. The number of thiophene rings is 1. The molecule has 0 aliphatic rings. The highest BCUT2D eigenvalue weighted by molar-refractivity contribution is 7.11. The third kappa shape index (κ3) is 3.08. The number of aliphatic imine (C=N–C) groups is 1. The summed E-state index contributed by atoms with van der Waals surface area (Å²) >= 11 is 1.73. The molecule has 1 heterocycles. The molecule has 0 unspecified atom stereocenters. The SMILES string of the molecule is Cc1ccsc1C=Nc1ccc(C(C)(C)C)cc1. The summed E-state index contributed by atoms with van der Waals surface area (Å²) in [6, 6.07) is 10.6. The van der Waals surface area contributed by atoms with Crippen LogP contribution in [0.15, 0.2) is 40.7 Å². The van der Waals surface area contributed by atoms with Crippen molar-refractivity contribution >= 4 is 23.2 Å². The number of hydrogen-bond acceptors (Lipinski definition) is 2. The van der Waals surface area contributed by atoms with Gasteiger partial charge in [0.25, 0.3) is 0 Å². The van der Waals surface area contributed by atoms with Crippen molar-refractivity contribution in [2.45, 2.75) is 33.1 Å². The number of benzene rings is 1. The minimum atomic E-state index is 0.201. The van der Waals surface area contributed by atoms with Crippen LogP contribution in [0.4, 0.5) is 5.69 Å². The molecular formula is C16H19NS. The van der Waals surface area contributed by atoms with Crippen molar-refractivity contribution in [1.82, 2.24) is 0 Å². The topological polar surface area (TPSA) is 12.4 Å². The molecule has 0 radical (unpaired) electrons. The van der Waals surface area contributed by atoms with Gasteiger partial charge in [0.15, 0.2) is 0 Å². The van der Waals surface area contributed by atoms with Crippen molar-refractivity contribution < 1.29 is 0 Å². The Labute approximate surface area is 113 Å². The summed E-state index contributed by atoms with van der Waals surface area (Å²) in [5.41, 5.74) is 3.84. The average molecular weight is 257 g/mol. The fourth-order valence-electron chi connectivity index (χ4n) is 1.70. The molecular weight excluding hydrogens is 238 g/mol. The lowest BCUT2D eigenvalue weighted by atomic mass is 9.87. The van der Waals surface area contributed by atoms with E-state index in [0.717, 1.165) is 5.69 Å². The third-order valence-corrected chi connectivity index (χ3v) is 3.92. The van der Waals surface area contributed by atoms with Gasteiger partial charge < -0.3 is 0 Å². The van der Waals surface area contributed by atoms with E-state index in [4.69, 9.17) is 0 Å². The van der Waals surface area contributed by atoms with Crippen LogP contribution in [0.1, 0.15) is 36.8 Å². The molecule has 2 heteroatoms. The Kier molecular flexibility index (Phi) is 3.67. The zero-order valence-corrected chi connectivity index (χ0v) is 12.2. The molecule has 0 aliphatic heterocycles. The van der Waals surface area contributed by atoms with Crippen LogP contribution >= 0.6 is 11.3 Å². The molecule has 0 spiro atoms. The van der Waals surface area contributed by atoms with Crippen molar-refractivity contribution in [2.24, 2.45) is 4.99 Å². The maximum atomic E-state index is 4.52. The Hall–Kier alpha value is -1.41. The highest BCUT2D eigenvalue weighted by Crippen LogP contribution is 2.24. The smallest absolute Gasteiger partial charge is 0.0630 e. The maximum absolute atomic E-state index is 4.52. The number of nitrogens with zero attached hydrogens (tertiary/aromatic N) is 1. The predicted octanol–water partition coefficient (Wildman–Crippen LogP) is 5.10. The lowest BCUT2D eigenvalue weighted by Crippen LogP contribution is -2.10. The molecule has 2 rings (SSSR count). The second-order valence-electron chi connectivity index (χ2n) is 5.52. The summed E-state index contributed by atoms with van der Waals surface area (Å²) in [4.78, 5) is 5.75. The van der Waals surface area contributed by atoms with Gasteiger partial charge in [0, 0.05) is 11.1 Å². The average Bonchev–Trinajstić information content (AvgIpc) is 2.72. The zero-order valence-electron chi connectivity index (χ0n) is 11.4. The first-order chi connectivity index (χ1) is 8.47. The molecule has 0 bridgehead atoms. The van der Waals surface area contributed by atoms with Gasteiger partial charge in [-0.1, -0.05) is 32.9 Å². The highest BCUT2D eigenvalue weighted by atomic mass is 32.1. The monoisotopic (exact) mass is 257 g/mol. The van der Waals surface area contributed by atoms with Crippen molar-refractivity contribution in [3.8, 4) is 0 Å². The van der Waals surface area contributed by atoms with Gasteiger partial charge in [-0.25, -0.2) is 0 Å². The van der Waals surface area contributed by atoms with E-state index >= 15 is 0 Å². The van der Waals surface area contributed by atoms with Crippen LogP contribution in [0.25, 0.3) is 0 Å². The van der Waals surface area contributed by atoms with E-state index in [1.807, 2.05) is 6.21 Å². The fraction of sp³-hybridized carbons (Fsp3) is 0.312. The largest absolute Gasteiger partial charge is 0.255 e. The van der Waals surface area contributed by atoms with Crippen molar-refractivity contribution in [1.29, 1.82) is 0 Å². The second kappa shape index (κ2) is 5.07. The van der Waals surface area contributed by atoms with E-state index in [1.165, 1.54) is 16.0 Å². The third-order valence-electron chi connectivity index (χ3n) is 2.97. The molecule has 0 N–H and O–H groups in total. The minimum absolute atomic E-state index is 0.201. The summed E-state index contributed by atoms with van der Waals surface area (Å²) in [5.74, 6) is 0. The molecule has 1 aromatic heterocycles. The molecule has 2 aromatic rings. The minimum Gasteiger partial charge on any atom is -0.255 e. The molecule has 1 nitrogen and oxygen atoms in total. The fourth-order valence-corrected chi connectivity index (χ4v) is 2.48. The summed E-state index contributed by atoms with van der Waals surface area (Å²) in [6.45, 7) is 8.78. The van der Waals surface area contributed by atoms with E-state index in [1.54, 1.807) is 11.3 Å². The highest BCUT2D eigenvalue weighted by Gasteiger charge is 2.12. The number of hydrogen-bond donors (Lipinski definition) is 0. The van der Waals surface area contributed by atoms with Crippen LogP contribution in [0.2, 0.25) is 0 Å². The molecule has 0 aliphatic carbocycles. The number of aryl methyl sites for hydroxylation is 1. The van der Waals surface area contributed by atoms with Crippen LogP contribution in [0.3, 0.4) is 0 Å². The molecule has 0 fully saturated rings. The van der Waals surface area contributed by atoms with Crippen LogP contribution in [-0.4, -0.2) is 6.21 Å². The first-order valence-electron chi connectivity index (χ1n) is 6.15. The molecule has 0 atom stereocenters. The quantitative estimate of drug-likeness (QED) is 0.663. The first kappa shape index (κ1) is 13.0. The Balaban J connectivity index is 2.16. The summed E-state index contributed by atoms with van der Waals surface area (Å²) < 4.78 is 0. The second-order valence-corrected chi connectivity index (χ2v) is 6.47. The predicted molar refractivity (Wildman–Crippen MR) is 81.5 cm³/mol. The van der Waals surface area contributed by atoms with Crippen molar-refractivity contribution in [3.63, 3.8) is 0 Å². The molecule has 18 heavy (non-hydrogen) atoms. The maximum Gasteiger partial charge on any atom is 0.0630 e. The Morgan fingerprint density at radius 2 is 1.72 bits per heavy atom. The van der Waals surface area contributed by atoms with Gasteiger partial charge in [-0.05, 0) is 47.0 Å². The summed E-state index contributed by atoms with van der Waals surface area (Å²) in [5, 5.41) is 2.10. The van der Waals surface area contributed by atoms with Crippen LogP contribution < -0.4 is 0 Å². The van der Waals surface area contributed by atoms with E-state index in [0.29, 0.717) is 0 Å². The van der Waals surface area contributed by atoms with E-state index in [9.17, 15) is 0 Å². The molecule has 0 saturated carbocycles. The van der Waals surface area contributed by atoms with Gasteiger partial charge in [0.1, 0.15) is 0 Å². The molecule has 0 amide bonds. The summed E-state index contributed by atoms with van der Waals surface area (Å²) in [6.07, 6.45) is 1.95. The number of rotatable bonds is 2. The van der Waals surface area contributed by atoms with Gasteiger partial charge in [-0.2, -0.15) is 0 Å². The Morgan fingerprint density at radius 1 is 1.06 bits per heavy atom. The van der Waals surface area contributed by atoms with Crippen molar-refractivity contribution in [2.75, 3.05) is 0 Å². The standard InChI is InChI=1S/C16H19NS/c1-12-9-10-18-15(12)11-17-14-7-5-13(6-8-14)16(2,3)4/h5-11H,1-4H3. The molecule has 0 saturated heterocycles. The molecule has 94 valence electrons. The van der Waals surface area contributed by atoms with E-state index in [2.05, 4.69) is 68.4 Å². The van der Waals surface area contributed by atoms with Crippen LogP contribution in [0.5, 0.6) is 0 Å². The van der Waals surface area contributed by atoms with E-state index < -0.39 is 0 Å². The van der Waals surface area contributed by atoms with Crippen molar-refractivity contribution in [3.05, 3.63) is 51.7 Å². The van der Waals surface area contributed by atoms with Gasteiger partial charge in [0.05, 0.1) is 5.69 Å². The van der Waals surface area contributed by atoms with Gasteiger partial charge in [0.2, 0.25) is 0 Å². The zero-order chi connectivity index (χ0) is 13.2. The molecule has 1 aromatic carbocycles. The lowest BCUT2D eigenvalue weighted by Gasteiger charge is -2.18. The summed E-state index contributed by atoms with van der Waals surface area (Å²) in [7, 11) is 0. The van der Waals surface area contributed by atoms with Gasteiger partial charge in [-0.3, -0.25) is 4.99 Å².